The highest BCUT2D eigenvalue weighted by Crippen LogP contribution is 2.35. The molecule has 0 saturated carbocycles. The molecule has 0 amide bonds. The lowest BCUT2D eigenvalue weighted by Gasteiger charge is -2.32. The van der Waals surface area contributed by atoms with Crippen molar-refractivity contribution in [1.29, 1.82) is 0 Å². The smallest absolute Gasteiger partial charge is 0.0640 e. The van der Waals surface area contributed by atoms with Crippen LogP contribution in [0.2, 0.25) is 5.02 Å². The van der Waals surface area contributed by atoms with Crippen molar-refractivity contribution in [1.82, 2.24) is 0 Å². The quantitative estimate of drug-likeness (QED) is 0.670. The zero-order chi connectivity index (χ0) is 9.47. The molecule has 0 unspecified atom stereocenters. The summed E-state index contributed by atoms with van der Waals surface area (Å²) in [5, 5.41) is 4.23. The zero-order valence-electron chi connectivity index (χ0n) is 8.02. The van der Waals surface area contributed by atoms with Crippen molar-refractivity contribution in [3.05, 3.63) is 28.8 Å². The monoisotopic (exact) mass is 195 g/mol. The summed E-state index contributed by atoms with van der Waals surface area (Å²) in [7, 11) is 0. The van der Waals surface area contributed by atoms with Gasteiger partial charge >= 0.3 is 0 Å². The third-order valence-corrected chi connectivity index (χ3v) is 2.83. The molecule has 13 heavy (non-hydrogen) atoms. The van der Waals surface area contributed by atoms with Crippen LogP contribution in [-0.4, -0.2) is 6.54 Å². The molecule has 0 saturated heterocycles. The van der Waals surface area contributed by atoms with E-state index in [0.717, 1.165) is 23.7 Å². The van der Waals surface area contributed by atoms with E-state index in [1.807, 2.05) is 12.1 Å². The molecule has 2 heteroatoms. The van der Waals surface area contributed by atoms with Crippen LogP contribution in [0.25, 0.3) is 0 Å². The molecule has 0 atom stereocenters. The van der Waals surface area contributed by atoms with Gasteiger partial charge in [-0.3, -0.25) is 0 Å². The molecule has 0 radical (unpaired) electrons. The van der Waals surface area contributed by atoms with Gasteiger partial charge in [0.1, 0.15) is 0 Å². The molecular weight excluding hydrogens is 182 g/mol. The Balaban J connectivity index is 2.42. The van der Waals surface area contributed by atoms with E-state index in [1.54, 1.807) is 0 Å². The minimum atomic E-state index is 0.345. The highest BCUT2D eigenvalue weighted by molar-refractivity contribution is 6.33. The molecule has 1 aromatic rings. The Labute approximate surface area is 84.1 Å². The summed E-state index contributed by atoms with van der Waals surface area (Å²) < 4.78 is 0. The first-order chi connectivity index (χ1) is 6.08. The van der Waals surface area contributed by atoms with E-state index in [0.29, 0.717) is 5.41 Å². The van der Waals surface area contributed by atoms with E-state index >= 15 is 0 Å². The SMILES string of the molecule is CC1(C)CNc2c(Cl)cccc2C1. The minimum Gasteiger partial charge on any atom is -0.383 e. The van der Waals surface area contributed by atoms with E-state index in [9.17, 15) is 0 Å². The fourth-order valence-electron chi connectivity index (χ4n) is 1.82. The van der Waals surface area contributed by atoms with Crippen molar-refractivity contribution in [2.45, 2.75) is 20.3 Å². The van der Waals surface area contributed by atoms with Crippen LogP contribution < -0.4 is 5.32 Å². The Morgan fingerprint density at radius 2 is 2.15 bits per heavy atom. The first kappa shape index (κ1) is 8.89. The van der Waals surface area contributed by atoms with Gasteiger partial charge < -0.3 is 5.32 Å². The predicted molar refractivity (Wildman–Crippen MR) is 57.4 cm³/mol. The standard InChI is InChI=1S/C11H14ClN/c1-11(2)6-8-4-3-5-9(12)10(8)13-7-11/h3-5,13H,6-7H2,1-2H3. The molecule has 0 bridgehead atoms. The lowest BCUT2D eigenvalue weighted by Crippen LogP contribution is -2.30. The van der Waals surface area contributed by atoms with Gasteiger partial charge in [0.05, 0.1) is 10.7 Å². The third kappa shape index (κ3) is 1.66. The largest absolute Gasteiger partial charge is 0.383 e. The van der Waals surface area contributed by atoms with Crippen molar-refractivity contribution in [2.24, 2.45) is 5.41 Å². The summed E-state index contributed by atoms with van der Waals surface area (Å²) in [6, 6.07) is 6.10. The van der Waals surface area contributed by atoms with E-state index < -0.39 is 0 Å². The van der Waals surface area contributed by atoms with Gasteiger partial charge in [-0.1, -0.05) is 37.6 Å². The van der Waals surface area contributed by atoms with Gasteiger partial charge in [-0.2, -0.15) is 0 Å². The van der Waals surface area contributed by atoms with E-state index in [4.69, 9.17) is 11.6 Å². The molecule has 1 aliphatic heterocycles. The summed E-state index contributed by atoms with van der Waals surface area (Å²) in [5.41, 5.74) is 2.81. The average Bonchev–Trinajstić information content (AvgIpc) is 2.02. The summed E-state index contributed by atoms with van der Waals surface area (Å²) >= 11 is 6.07. The number of anilines is 1. The Hall–Kier alpha value is -0.690. The molecule has 1 N–H and O–H groups in total. The maximum Gasteiger partial charge on any atom is 0.0640 e. The molecule has 2 rings (SSSR count). The average molecular weight is 196 g/mol. The van der Waals surface area contributed by atoms with Crippen LogP contribution in [0, 0.1) is 5.41 Å². The molecule has 0 aliphatic carbocycles. The molecule has 1 nitrogen and oxygen atoms in total. The van der Waals surface area contributed by atoms with Crippen molar-refractivity contribution < 1.29 is 0 Å². The van der Waals surface area contributed by atoms with E-state index in [2.05, 4.69) is 25.2 Å². The molecule has 1 heterocycles. The lowest BCUT2D eigenvalue weighted by molar-refractivity contribution is 0.379. The summed E-state index contributed by atoms with van der Waals surface area (Å²) in [6.07, 6.45) is 1.11. The van der Waals surface area contributed by atoms with Gasteiger partial charge in [-0.05, 0) is 23.5 Å². The second-order valence-corrected chi connectivity index (χ2v) is 4.88. The number of halogens is 1. The molecule has 0 aromatic heterocycles. The minimum absolute atomic E-state index is 0.345. The van der Waals surface area contributed by atoms with Crippen LogP contribution in [0.4, 0.5) is 5.69 Å². The number of benzene rings is 1. The maximum absolute atomic E-state index is 6.07. The van der Waals surface area contributed by atoms with Crippen LogP contribution in [0.5, 0.6) is 0 Å². The molecule has 1 aromatic carbocycles. The highest BCUT2D eigenvalue weighted by atomic mass is 35.5. The second kappa shape index (κ2) is 2.91. The fourth-order valence-corrected chi connectivity index (χ4v) is 2.08. The van der Waals surface area contributed by atoms with Crippen molar-refractivity contribution in [3.63, 3.8) is 0 Å². The summed E-state index contributed by atoms with van der Waals surface area (Å²) in [5.74, 6) is 0. The van der Waals surface area contributed by atoms with Gasteiger partial charge in [0, 0.05) is 6.54 Å². The fraction of sp³-hybridized carbons (Fsp3) is 0.455. The van der Waals surface area contributed by atoms with Crippen molar-refractivity contribution >= 4 is 17.3 Å². The molecular formula is C11H14ClN. The van der Waals surface area contributed by atoms with Crippen LogP contribution >= 0.6 is 11.6 Å². The zero-order valence-corrected chi connectivity index (χ0v) is 8.78. The highest BCUT2D eigenvalue weighted by Gasteiger charge is 2.25. The predicted octanol–water partition coefficient (Wildman–Crippen LogP) is 3.33. The van der Waals surface area contributed by atoms with Crippen LogP contribution in [-0.2, 0) is 6.42 Å². The van der Waals surface area contributed by atoms with Crippen LogP contribution in [0.1, 0.15) is 19.4 Å². The first-order valence-electron chi connectivity index (χ1n) is 4.60. The van der Waals surface area contributed by atoms with E-state index in [-0.39, 0.29) is 0 Å². The Morgan fingerprint density at radius 3 is 2.92 bits per heavy atom. The third-order valence-electron chi connectivity index (χ3n) is 2.51. The normalized spacial score (nSPS) is 19.0. The number of hydrogen-bond donors (Lipinski definition) is 1. The molecule has 0 spiro atoms. The van der Waals surface area contributed by atoms with Gasteiger partial charge in [0.15, 0.2) is 0 Å². The maximum atomic E-state index is 6.07. The van der Waals surface area contributed by atoms with Crippen LogP contribution in [0.15, 0.2) is 18.2 Å². The Bertz CT molecular complexity index is 331. The van der Waals surface area contributed by atoms with Gasteiger partial charge in [-0.25, -0.2) is 0 Å². The molecule has 1 aliphatic rings. The topological polar surface area (TPSA) is 12.0 Å². The number of hydrogen-bond acceptors (Lipinski definition) is 1. The van der Waals surface area contributed by atoms with Crippen LogP contribution in [0.3, 0.4) is 0 Å². The second-order valence-electron chi connectivity index (χ2n) is 4.47. The van der Waals surface area contributed by atoms with Gasteiger partial charge in [0.25, 0.3) is 0 Å². The van der Waals surface area contributed by atoms with Gasteiger partial charge in [-0.15, -0.1) is 0 Å². The van der Waals surface area contributed by atoms with E-state index in [1.165, 1.54) is 5.56 Å². The number of fused-ring (bicyclic) bond motifs is 1. The number of nitrogens with one attached hydrogen (secondary N) is 1. The number of rotatable bonds is 0. The first-order valence-corrected chi connectivity index (χ1v) is 4.98. The van der Waals surface area contributed by atoms with Crippen molar-refractivity contribution in [2.75, 3.05) is 11.9 Å². The van der Waals surface area contributed by atoms with Crippen molar-refractivity contribution in [3.8, 4) is 0 Å². The lowest BCUT2D eigenvalue weighted by atomic mass is 9.82. The number of para-hydroxylation sites is 1. The van der Waals surface area contributed by atoms with Gasteiger partial charge in [0.2, 0.25) is 0 Å². The Kier molecular flexibility index (Phi) is 1.99. The summed E-state index contributed by atoms with van der Waals surface area (Å²) in [6.45, 7) is 5.54. The molecule has 0 fully saturated rings. The summed E-state index contributed by atoms with van der Waals surface area (Å²) in [4.78, 5) is 0. The molecule has 70 valence electrons. The Morgan fingerprint density at radius 1 is 1.38 bits per heavy atom.